The molecule has 6 heteroatoms. The first-order chi connectivity index (χ1) is 11.2. The van der Waals surface area contributed by atoms with Crippen LogP contribution in [0.15, 0.2) is 23.1 Å². The summed E-state index contributed by atoms with van der Waals surface area (Å²) in [5, 5.41) is 0. The fourth-order valence-electron chi connectivity index (χ4n) is 3.03. The smallest absolute Gasteiger partial charge is 0.241 e. The van der Waals surface area contributed by atoms with Crippen molar-refractivity contribution >= 4 is 10.0 Å². The fraction of sp³-hybridized carbons (Fsp3) is 0.444. The molecular formula is C18H26N2O3S. The number of sulfonamides is 1. The van der Waals surface area contributed by atoms with Gasteiger partial charge in [0.1, 0.15) is 5.75 Å². The van der Waals surface area contributed by atoms with Crippen molar-refractivity contribution in [1.82, 2.24) is 9.29 Å². The maximum Gasteiger partial charge on any atom is 0.241 e. The number of hydrogen-bond donors (Lipinski definition) is 1. The van der Waals surface area contributed by atoms with Gasteiger partial charge in [0.2, 0.25) is 10.0 Å². The molecule has 0 amide bonds. The number of nitrogens with zero attached hydrogens (tertiary/aromatic N) is 1. The monoisotopic (exact) mass is 350 g/mol. The van der Waals surface area contributed by atoms with Gasteiger partial charge in [-0.1, -0.05) is 0 Å². The zero-order chi connectivity index (χ0) is 18.1. The van der Waals surface area contributed by atoms with Crippen molar-refractivity contribution in [2.75, 3.05) is 13.7 Å². The van der Waals surface area contributed by atoms with Crippen molar-refractivity contribution in [3.05, 3.63) is 46.3 Å². The third kappa shape index (κ3) is 3.65. The summed E-state index contributed by atoms with van der Waals surface area (Å²) in [6, 6.07) is 5.59. The van der Waals surface area contributed by atoms with E-state index in [1.54, 1.807) is 33.1 Å². The lowest BCUT2D eigenvalue weighted by Crippen LogP contribution is -2.27. The van der Waals surface area contributed by atoms with Crippen molar-refractivity contribution in [3.8, 4) is 5.75 Å². The van der Waals surface area contributed by atoms with Crippen molar-refractivity contribution < 1.29 is 13.2 Å². The minimum atomic E-state index is -3.55. The summed E-state index contributed by atoms with van der Waals surface area (Å²) in [5.41, 5.74) is 4.88. The lowest BCUT2D eigenvalue weighted by Gasteiger charge is -2.13. The normalized spacial score (nSPS) is 11.8. The fourth-order valence-corrected chi connectivity index (χ4v) is 4.51. The number of methoxy groups -OCH3 is 1. The van der Waals surface area contributed by atoms with E-state index in [-0.39, 0.29) is 0 Å². The Kier molecular flexibility index (Phi) is 5.40. The van der Waals surface area contributed by atoms with Crippen LogP contribution in [0.5, 0.6) is 5.75 Å². The van der Waals surface area contributed by atoms with Gasteiger partial charge in [0, 0.05) is 25.0 Å². The quantitative estimate of drug-likeness (QED) is 0.871. The Balaban J connectivity index is 2.16. The first kappa shape index (κ1) is 18.5. The molecule has 0 spiro atoms. The lowest BCUT2D eigenvalue weighted by atomic mass is 10.1. The van der Waals surface area contributed by atoms with Gasteiger partial charge in [-0.15, -0.1) is 0 Å². The van der Waals surface area contributed by atoms with Gasteiger partial charge in [-0.3, -0.25) is 0 Å². The molecule has 0 unspecified atom stereocenters. The second kappa shape index (κ2) is 6.99. The van der Waals surface area contributed by atoms with Crippen LogP contribution in [0.2, 0.25) is 0 Å². The molecule has 2 aromatic rings. The maximum atomic E-state index is 12.7. The number of aromatic nitrogens is 1. The molecule has 1 aromatic carbocycles. The van der Waals surface area contributed by atoms with Crippen molar-refractivity contribution in [2.45, 2.75) is 39.0 Å². The number of aryl methyl sites for hydroxylation is 3. The molecule has 0 aliphatic carbocycles. The van der Waals surface area contributed by atoms with E-state index in [0.717, 1.165) is 0 Å². The molecule has 1 aromatic heterocycles. The predicted molar refractivity (Wildman–Crippen MR) is 96.2 cm³/mol. The van der Waals surface area contributed by atoms with Gasteiger partial charge >= 0.3 is 0 Å². The standard InChI is InChI=1S/C18H26N2O3S/c1-12-9-17(23-6)10-13(2)18(12)24(21,22)19-8-7-16-11-14(3)20(5)15(16)4/h9-11,19H,7-8H2,1-6H3. The van der Waals surface area contributed by atoms with Gasteiger partial charge in [0.05, 0.1) is 12.0 Å². The number of ether oxygens (including phenoxy) is 1. The van der Waals surface area contributed by atoms with Crippen LogP contribution >= 0.6 is 0 Å². The van der Waals surface area contributed by atoms with Gasteiger partial charge in [-0.25, -0.2) is 13.1 Å². The van der Waals surface area contributed by atoms with Crippen LogP contribution < -0.4 is 9.46 Å². The highest BCUT2D eigenvalue weighted by Gasteiger charge is 2.20. The Morgan fingerprint density at radius 3 is 2.12 bits per heavy atom. The van der Waals surface area contributed by atoms with Gasteiger partial charge in [-0.2, -0.15) is 0 Å². The minimum Gasteiger partial charge on any atom is -0.497 e. The van der Waals surface area contributed by atoms with Gasteiger partial charge < -0.3 is 9.30 Å². The van der Waals surface area contributed by atoms with Crippen LogP contribution in [0.1, 0.15) is 28.1 Å². The lowest BCUT2D eigenvalue weighted by molar-refractivity contribution is 0.413. The third-order valence-corrected chi connectivity index (χ3v) is 6.27. The van der Waals surface area contributed by atoms with Crippen molar-refractivity contribution in [1.29, 1.82) is 0 Å². The molecule has 5 nitrogen and oxygen atoms in total. The molecule has 132 valence electrons. The summed E-state index contributed by atoms with van der Waals surface area (Å²) in [5.74, 6) is 0.666. The average Bonchev–Trinajstić information content (AvgIpc) is 2.73. The van der Waals surface area contributed by atoms with E-state index in [4.69, 9.17) is 4.74 Å². The molecule has 1 N–H and O–H groups in total. The molecule has 0 bridgehead atoms. The van der Waals surface area contributed by atoms with Crippen LogP contribution in [0, 0.1) is 27.7 Å². The zero-order valence-electron chi connectivity index (χ0n) is 15.2. The SMILES string of the molecule is COc1cc(C)c(S(=O)(=O)NCCc2cc(C)n(C)c2C)c(C)c1. The predicted octanol–water partition coefficient (Wildman–Crippen LogP) is 2.79. The van der Waals surface area contributed by atoms with Crippen LogP contribution in [0.25, 0.3) is 0 Å². The summed E-state index contributed by atoms with van der Waals surface area (Å²) >= 11 is 0. The summed E-state index contributed by atoms with van der Waals surface area (Å²) in [6.45, 7) is 8.04. The first-order valence-electron chi connectivity index (χ1n) is 7.94. The highest BCUT2D eigenvalue weighted by atomic mass is 32.2. The highest BCUT2D eigenvalue weighted by Crippen LogP contribution is 2.25. The van der Waals surface area contributed by atoms with Gasteiger partial charge in [-0.05, 0) is 69.0 Å². The number of hydrogen-bond acceptors (Lipinski definition) is 3. The largest absolute Gasteiger partial charge is 0.497 e. The minimum absolute atomic E-state index is 0.337. The molecule has 0 saturated heterocycles. The van der Waals surface area contributed by atoms with Crippen molar-refractivity contribution in [2.24, 2.45) is 7.05 Å². The van der Waals surface area contributed by atoms with E-state index in [1.165, 1.54) is 17.0 Å². The van der Waals surface area contributed by atoms with E-state index in [9.17, 15) is 8.42 Å². The molecule has 0 saturated carbocycles. The Morgan fingerprint density at radius 2 is 1.67 bits per heavy atom. The average molecular weight is 350 g/mol. The first-order valence-corrected chi connectivity index (χ1v) is 9.42. The second-order valence-corrected chi connectivity index (χ2v) is 7.90. The van der Waals surface area contributed by atoms with Gasteiger partial charge in [0.25, 0.3) is 0 Å². The Hall–Kier alpha value is -1.79. The highest BCUT2D eigenvalue weighted by molar-refractivity contribution is 7.89. The summed E-state index contributed by atoms with van der Waals surface area (Å²) in [7, 11) is 0.0452. The maximum absolute atomic E-state index is 12.7. The van der Waals surface area contributed by atoms with E-state index in [1.807, 2.05) is 14.0 Å². The van der Waals surface area contributed by atoms with E-state index in [0.29, 0.717) is 34.7 Å². The van der Waals surface area contributed by atoms with Crippen LogP contribution in [-0.4, -0.2) is 26.6 Å². The number of benzene rings is 1. The Morgan fingerprint density at radius 1 is 1.08 bits per heavy atom. The van der Waals surface area contributed by atoms with E-state index in [2.05, 4.69) is 22.3 Å². The molecule has 0 aliphatic rings. The summed E-state index contributed by atoms with van der Waals surface area (Å²) in [4.78, 5) is 0.337. The molecular weight excluding hydrogens is 324 g/mol. The Bertz CT molecular complexity index is 828. The van der Waals surface area contributed by atoms with Crippen molar-refractivity contribution in [3.63, 3.8) is 0 Å². The molecule has 0 radical (unpaired) electrons. The summed E-state index contributed by atoms with van der Waals surface area (Å²) < 4.78 is 35.4. The molecule has 24 heavy (non-hydrogen) atoms. The zero-order valence-corrected chi connectivity index (χ0v) is 16.0. The third-order valence-electron chi connectivity index (χ3n) is 4.50. The van der Waals surface area contributed by atoms with Gasteiger partial charge in [0.15, 0.2) is 0 Å². The second-order valence-electron chi connectivity index (χ2n) is 6.19. The van der Waals surface area contributed by atoms with E-state index < -0.39 is 10.0 Å². The Labute approximate surface area is 144 Å². The number of nitrogens with one attached hydrogen (secondary N) is 1. The summed E-state index contributed by atoms with van der Waals surface area (Å²) in [6.07, 6.45) is 0.668. The van der Waals surface area contributed by atoms with E-state index >= 15 is 0 Å². The molecule has 1 heterocycles. The number of rotatable bonds is 6. The molecule has 0 aliphatic heterocycles. The molecule has 2 rings (SSSR count). The topological polar surface area (TPSA) is 60.3 Å². The van der Waals surface area contributed by atoms with Crippen LogP contribution in [0.4, 0.5) is 0 Å². The molecule has 0 fully saturated rings. The molecule has 0 atom stereocenters. The van der Waals surface area contributed by atoms with Crippen LogP contribution in [0.3, 0.4) is 0 Å². The van der Waals surface area contributed by atoms with Crippen LogP contribution in [-0.2, 0) is 23.5 Å².